The SMILES string of the molecule is CCCCCCCCCCNC(=O)[O-]. The molecule has 0 saturated heterocycles. The van der Waals surface area contributed by atoms with Crippen molar-refractivity contribution in [1.29, 1.82) is 0 Å². The molecule has 0 atom stereocenters. The first-order chi connectivity index (χ1) is 6.77. The van der Waals surface area contributed by atoms with Crippen LogP contribution in [0.2, 0.25) is 0 Å². The first-order valence-electron chi connectivity index (χ1n) is 5.72. The van der Waals surface area contributed by atoms with Gasteiger partial charge >= 0.3 is 0 Å². The minimum absolute atomic E-state index is 0.539. The van der Waals surface area contributed by atoms with Gasteiger partial charge in [-0.25, -0.2) is 0 Å². The molecule has 0 aliphatic carbocycles. The molecule has 1 amide bonds. The van der Waals surface area contributed by atoms with Gasteiger partial charge in [0.25, 0.3) is 0 Å². The standard InChI is InChI=1S/C11H23NO2/c1-2-3-4-5-6-7-8-9-10-12-11(13)14/h12H,2-10H2,1H3,(H,13,14)/p-1. The predicted octanol–water partition coefficient (Wildman–Crippen LogP) is 2.06. The van der Waals surface area contributed by atoms with E-state index in [1.807, 2.05) is 0 Å². The van der Waals surface area contributed by atoms with Gasteiger partial charge in [-0.2, -0.15) is 0 Å². The maximum absolute atomic E-state index is 9.98. The van der Waals surface area contributed by atoms with E-state index in [0.717, 1.165) is 12.8 Å². The summed E-state index contributed by atoms with van der Waals surface area (Å²) < 4.78 is 0. The smallest absolute Gasteiger partial charge is 0.134 e. The van der Waals surface area contributed by atoms with Crippen LogP contribution in [0, 0.1) is 0 Å². The number of hydrogen-bond acceptors (Lipinski definition) is 2. The van der Waals surface area contributed by atoms with Crippen molar-refractivity contribution in [2.24, 2.45) is 0 Å². The average Bonchev–Trinajstić information content (AvgIpc) is 2.15. The van der Waals surface area contributed by atoms with Crippen LogP contribution in [0.3, 0.4) is 0 Å². The fraction of sp³-hybridized carbons (Fsp3) is 0.909. The van der Waals surface area contributed by atoms with Crippen molar-refractivity contribution in [2.45, 2.75) is 58.3 Å². The zero-order valence-electron chi connectivity index (χ0n) is 9.18. The van der Waals surface area contributed by atoms with Crippen molar-refractivity contribution in [3.8, 4) is 0 Å². The molecule has 0 aromatic heterocycles. The summed E-state index contributed by atoms with van der Waals surface area (Å²) in [4.78, 5) is 9.98. The second kappa shape index (κ2) is 10.4. The summed E-state index contributed by atoms with van der Waals surface area (Å²) in [6.45, 7) is 2.75. The molecule has 0 fully saturated rings. The number of carbonyl (C=O) groups excluding carboxylic acids is 1. The van der Waals surface area contributed by atoms with E-state index in [4.69, 9.17) is 0 Å². The Morgan fingerprint density at radius 1 is 1.00 bits per heavy atom. The number of rotatable bonds is 9. The number of carboxylic acid groups (broad SMARTS) is 1. The Labute approximate surface area is 86.9 Å². The van der Waals surface area contributed by atoms with Gasteiger partial charge in [-0.05, 0) is 6.42 Å². The fourth-order valence-electron chi connectivity index (χ4n) is 1.45. The van der Waals surface area contributed by atoms with Gasteiger partial charge in [0.05, 0.1) is 0 Å². The molecule has 14 heavy (non-hydrogen) atoms. The molecule has 0 aromatic rings. The number of amides is 1. The van der Waals surface area contributed by atoms with Crippen molar-refractivity contribution < 1.29 is 9.90 Å². The zero-order chi connectivity index (χ0) is 10.6. The van der Waals surface area contributed by atoms with Crippen LogP contribution in [0.5, 0.6) is 0 Å². The molecule has 3 nitrogen and oxygen atoms in total. The molecule has 0 saturated carbocycles. The Kier molecular flexibility index (Phi) is 9.81. The van der Waals surface area contributed by atoms with Crippen molar-refractivity contribution in [1.82, 2.24) is 5.32 Å². The van der Waals surface area contributed by atoms with Crippen LogP contribution in [0.1, 0.15) is 58.3 Å². The Morgan fingerprint density at radius 3 is 2.00 bits per heavy atom. The second-order valence-corrected chi connectivity index (χ2v) is 3.69. The molecular formula is C11H22NO2-. The fourth-order valence-corrected chi connectivity index (χ4v) is 1.45. The van der Waals surface area contributed by atoms with Gasteiger partial charge in [0.15, 0.2) is 0 Å². The Bertz CT molecular complexity index is 137. The minimum Gasteiger partial charge on any atom is -0.530 e. The van der Waals surface area contributed by atoms with E-state index < -0.39 is 6.09 Å². The summed E-state index contributed by atoms with van der Waals surface area (Å²) in [5.41, 5.74) is 0. The molecule has 0 spiro atoms. The van der Waals surface area contributed by atoms with E-state index in [9.17, 15) is 9.90 Å². The van der Waals surface area contributed by atoms with Crippen molar-refractivity contribution in [2.75, 3.05) is 6.54 Å². The van der Waals surface area contributed by atoms with Crippen molar-refractivity contribution >= 4 is 6.09 Å². The normalized spacial score (nSPS) is 10.1. The van der Waals surface area contributed by atoms with Gasteiger partial charge < -0.3 is 15.2 Å². The summed E-state index contributed by atoms with van der Waals surface area (Å²) in [5, 5.41) is 12.2. The van der Waals surface area contributed by atoms with E-state index in [0.29, 0.717) is 6.54 Å². The lowest BCUT2D eigenvalue weighted by Gasteiger charge is -2.05. The molecule has 0 aliphatic heterocycles. The quantitative estimate of drug-likeness (QED) is 0.579. The van der Waals surface area contributed by atoms with E-state index in [2.05, 4.69) is 12.2 Å². The predicted molar refractivity (Wildman–Crippen MR) is 56.0 cm³/mol. The topological polar surface area (TPSA) is 52.2 Å². The number of unbranched alkanes of at least 4 members (excludes halogenated alkanes) is 7. The molecule has 3 heteroatoms. The van der Waals surface area contributed by atoms with Crippen molar-refractivity contribution in [3.63, 3.8) is 0 Å². The number of hydrogen-bond donors (Lipinski definition) is 1. The number of carbonyl (C=O) groups is 1. The number of nitrogens with one attached hydrogen (secondary N) is 1. The van der Waals surface area contributed by atoms with Gasteiger partial charge in [-0.3, -0.25) is 0 Å². The van der Waals surface area contributed by atoms with Gasteiger partial charge in [0, 0.05) is 6.54 Å². The van der Waals surface area contributed by atoms with E-state index in [1.165, 1.54) is 38.5 Å². The maximum Gasteiger partial charge on any atom is 0.134 e. The van der Waals surface area contributed by atoms with Gasteiger partial charge in [0.2, 0.25) is 0 Å². The van der Waals surface area contributed by atoms with Crippen LogP contribution < -0.4 is 10.4 Å². The third-order valence-electron chi connectivity index (χ3n) is 2.30. The molecule has 1 N–H and O–H groups in total. The van der Waals surface area contributed by atoms with Crippen molar-refractivity contribution in [3.05, 3.63) is 0 Å². The third-order valence-corrected chi connectivity index (χ3v) is 2.30. The molecule has 0 radical (unpaired) electrons. The zero-order valence-corrected chi connectivity index (χ0v) is 9.18. The molecule has 84 valence electrons. The molecule has 0 aromatic carbocycles. The summed E-state index contributed by atoms with van der Waals surface area (Å²) in [6.07, 6.45) is 8.68. The second-order valence-electron chi connectivity index (χ2n) is 3.69. The van der Waals surface area contributed by atoms with Gasteiger partial charge in [-0.1, -0.05) is 51.9 Å². The molecule has 0 rings (SSSR count). The van der Waals surface area contributed by atoms with Gasteiger partial charge in [-0.15, -0.1) is 0 Å². The maximum atomic E-state index is 9.98. The Morgan fingerprint density at radius 2 is 1.50 bits per heavy atom. The highest BCUT2D eigenvalue weighted by molar-refractivity contribution is 5.61. The molecule has 0 aliphatic rings. The lowest BCUT2D eigenvalue weighted by Crippen LogP contribution is -2.36. The van der Waals surface area contributed by atoms with Crippen LogP contribution in [0.25, 0.3) is 0 Å². The highest BCUT2D eigenvalue weighted by Crippen LogP contribution is 2.07. The first-order valence-corrected chi connectivity index (χ1v) is 5.72. The lowest BCUT2D eigenvalue weighted by atomic mass is 10.1. The summed E-state index contributed by atoms with van der Waals surface area (Å²) in [7, 11) is 0. The summed E-state index contributed by atoms with van der Waals surface area (Å²) in [5.74, 6) is 0. The largest absolute Gasteiger partial charge is 0.530 e. The van der Waals surface area contributed by atoms with Crippen LogP contribution in [-0.4, -0.2) is 12.6 Å². The van der Waals surface area contributed by atoms with E-state index in [1.54, 1.807) is 0 Å². The van der Waals surface area contributed by atoms with Crippen LogP contribution in [0.15, 0.2) is 0 Å². The van der Waals surface area contributed by atoms with Crippen LogP contribution in [0.4, 0.5) is 4.79 Å². The molecular weight excluding hydrogens is 178 g/mol. The van der Waals surface area contributed by atoms with E-state index >= 15 is 0 Å². The highest BCUT2D eigenvalue weighted by Gasteiger charge is 1.91. The minimum atomic E-state index is -1.16. The summed E-state index contributed by atoms with van der Waals surface area (Å²) >= 11 is 0. The molecule has 0 heterocycles. The molecule has 0 unspecified atom stereocenters. The monoisotopic (exact) mass is 200 g/mol. The Balaban J connectivity index is 2.88. The first kappa shape index (κ1) is 13.3. The third kappa shape index (κ3) is 11.3. The van der Waals surface area contributed by atoms with Crippen LogP contribution >= 0.6 is 0 Å². The lowest BCUT2D eigenvalue weighted by molar-refractivity contribution is -0.250. The van der Waals surface area contributed by atoms with Crippen LogP contribution in [-0.2, 0) is 0 Å². The highest BCUT2D eigenvalue weighted by atomic mass is 16.4. The Hall–Kier alpha value is -0.730. The van der Waals surface area contributed by atoms with E-state index in [-0.39, 0.29) is 0 Å². The molecule has 0 bridgehead atoms. The average molecular weight is 200 g/mol. The van der Waals surface area contributed by atoms with Gasteiger partial charge in [0.1, 0.15) is 6.09 Å². The summed E-state index contributed by atoms with van der Waals surface area (Å²) in [6, 6.07) is 0.